The number of nitrogens with two attached hydrogens (primary N) is 1. The van der Waals surface area contributed by atoms with E-state index in [9.17, 15) is 23.3 Å². The SMILES string of the molecule is CCNC(=O)c1cc([N+](=O)[O-])c(C)c(S(N)(=O)=O)c1. The van der Waals surface area contributed by atoms with Gasteiger partial charge in [0.15, 0.2) is 0 Å². The molecule has 3 N–H and O–H groups in total. The van der Waals surface area contributed by atoms with Gasteiger partial charge in [-0.25, -0.2) is 13.6 Å². The lowest BCUT2D eigenvalue weighted by Crippen LogP contribution is -2.24. The Hall–Kier alpha value is -2.00. The maximum absolute atomic E-state index is 11.6. The van der Waals surface area contributed by atoms with E-state index in [1.54, 1.807) is 6.92 Å². The lowest BCUT2D eigenvalue weighted by atomic mass is 10.1. The van der Waals surface area contributed by atoms with Crippen molar-refractivity contribution >= 4 is 21.6 Å². The first-order valence-electron chi connectivity index (χ1n) is 5.28. The molecule has 0 unspecified atom stereocenters. The maximum Gasteiger partial charge on any atom is 0.274 e. The highest BCUT2D eigenvalue weighted by Crippen LogP contribution is 2.26. The van der Waals surface area contributed by atoms with Crippen LogP contribution in [0.5, 0.6) is 0 Å². The summed E-state index contributed by atoms with van der Waals surface area (Å²) in [5.41, 5.74) is -0.684. The van der Waals surface area contributed by atoms with E-state index in [0.29, 0.717) is 6.54 Å². The molecule has 0 fully saturated rings. The molecule has 1 amide bonds. The highest BCUT2D eigenvalue weighted by Gasteiger charge is 2.24. The third-order valence-electron chi connectivity index (χ3n) is 2.44. The number of rotatable bonds is 4. The van der Waals surface area contributed by atoms with Crippen LogP contribution in [0.4, 0.5) is 5.69 Å². The minimum absolute atomic E-state index is 0.0967. The zero-order valence-electron chi connectivity index (χ0n) is 10.3. The first-order chi connectivity index (χ1) is 8.68. The highest BCUT2D eigenvalue weighted by atomic mass is 32.2. The Kier molecular flexibility index (Phi) is 4.22. The summed E-state index contributed by atoms with van der Waals surface area (Å²) in [6, 6.07) is 2.05. The third kappa shape index (κ3) is 3.26. The molecule has 0 spiro atoms. The van der Waals surface area contributed by atoms with Gasteiger partial charge in [-0.15, -0.1) is 0 Å². The second kappa shape index (κ2) is 5.33. The van der Waals surface area contributed by atoms with Gasteiger partial charge in [-0.3, -0.25) is 14.9 Å². The highest BCUT2D eigenvalue weighted by molar-refractivity contribution is 7.89. The average Bonchev–Trinajstić information content (AvgIpc) is 2.27. The van der Waals surface area contributed by atoms with Crippen LogP contribution in [0.25, 0.3) is 0 Å². The van der Waals surface area contributed by atoms with Crippen LogP contribution in [-0.4, -0.2) is 25.8 Å². The van der Waals surface area contributed by atoms with Gasteiger partial charge in [0, 0.05) is 23.7 Å². The molecule has 104 valence electrons. The van der Waals surface area contributed by atoms with Crippen LogP contribution >= 0.6 is 0 Å². The smallest absolute Gasteiger partial charge is 0.274 e. The number of hydrogen-bond acceptors (Lipinski definition) is 5. The Morgan fingerprint density at radius 2 is 2.05 bits per heavy atom. The summed E-state index contributed by atoms with van der Waals surface area (Å²) in [5.74, 6) is -0.601. The number of sulfonamides is 1. The number of amides is 1. The number of primary sulfonamides is 1. The van der Waals surface area contributed by atoms with E-state index >= 15 is 0 Å². The van der Waals surface area contributed by atoms with Crippen molar-refractivity contribution in [1.29, 1.82) is 0 Å². The van der Waals surface area contributed by atoms with Crippen LogP contribution < -0.4 is 10.5 Å². The van der Waals surface area contributed by atoms with Crippen molar-refractivity contribution < 1.29 is 18.1 Å². The Morgan fingerprint density at radius 1 is 1.47 bits per heavy atom. The van der Waals surface area contributed by atoms with Gasteiger partial charge < -0.3 is 5.32 Å². The predicted molar refractivity (Wildman–Crippen MR) is 67.2 cm³/mol. The monoisotopic (exact) mass is 287 g/mol. The standard InChI is InChI=1S/C10H13N3O5S/c1-3-12-10(14)7-4-8(13(15)16)6(2)9(5-7)19(11,17)18/h4-5H,3H2,1-2H3,(H,12,14)(H2,11,17,18). The normalized spacial score (nSPS) is 11.1. The Bertz CT molecular complexity index is 639. The second-order valence-electron chi connectivity index (χ2n) is 3.78. The number of nitrogens with one attached hydrogen (secondary N) is 1. The largest absolute Gasteiger partial charge is 0.352 e. The summed E-state index contributed by atoms with van der Waals surface area (Å²) in [6.07, 6.45) is 0. The zero-order valence-corrected chi connectivity index (χ0v) is 11.2. The Labute approximate surface area is 109 Å². The quantitative estimate of drug-likeness (QED) is 0.607. The molecule has 0 aliphatic heterocycles. The van der Waals surface area contributed by atoms with Crippen molar-refractivity contribution in [3.8, 4) is 0 Å². The molecule has 0 heterocycles. The molecular weight excluding hydrogens is 274 g/mol. The molecule has 1 aromatic rings. The van der Waals surface area contributed by atoms with Crippen molar-refractivity contribution in [3.63, 3.8) is 0 Å². The van der Waals surface area contributed by atoms with Crippen molar-refractivity contribution in [2.45, 2.75) is 18.7 Å². The summed E-state index contributed by atoms with van der Waals surface area (Å²) < 4.78 is 22.8. The molecule has 1 aromatic carbocycles. The minimum Gasteiger partial charge on any atom is -0.352 e. The van der Waals surface area contributed by atoms with Gasteiger partial charge in [0.05, 0.1) is 9.82 Å². The van der Waals surface area contributed by atoms with Gasteiger partial charge in [-0.05, 0) is 19.9 Å². The fourth-order valence-corrected chi connectivity index (χ4v) is 2.37. The maximum atomic E-state index is 11.6. The number of nitro groups is 1. The van der Waals surface area contributed by atoms with E-state index in [2.05, 4.69) is 5.32 Å². The summed E-state index contributed by atoms with van der Waals surface area (Å²) in [6.45, 7) is 3.24. The van der Waals surface area contributed by atoms with E-state index in [4.69, 9.17) is 5.14 Å². The van der Waals surface area contributed by atoms with Gasteiger partial charge in [0.2, 0.25) is 10.0 Å². The number of carbonyl (C=O) groups is 1. The topological polar surface area (TPSA) is 132 Å². The summed E-state index contributed by atoms with van der Waals surface area (Å²) in [7, 11) is -4.14. The Balaban J connectivity index is 3.58. The summed E-state index contributed by atoms with van der Waals surface area (Å²) in [4.78, 5) is 21.3. The molecule has 19 heavy (non-hydrogen) atoms. The van der Waals surface area contributed by atoms with Crippen LogP contribution in [-0.2, 0) is 10.0 Å². The van der Waals surface area contributed by atoms with Crippen molar-refractivity contribution in [2.24, 2.45) is 5.14 Å². The molecule has 0 aliphatic rings. The van der Waals surface area contributed by atoms with Crippen LogP contribution in [0.1, 0.15) is 22.8 Å². The van der Waals surface area contributed by atoms with Gasteiger partial charge >= 0.3 is 0 Å². The average molecular weight is 287 g/mol. The lowest BCUT2D eigenvalue weighted by molar-refractivity contribution is -0.385. The van der Waals surface area contributed by atoms with Gasteiger partial charge in [0.1, 0.15) is 0 Å². The number of carbonyl (C=O) groups excluding carboxylic acids is 1. The molecule has 0 radical (unpaired) electrons. The van der Waals surface area contributed by atoms with Crippen LogP contribution in [0.15, 0.2) is 17.0 Å². The van der Waals surface area contributed by atoms with Crippen LogP contribution in [0, 0.1) is 17.0 Å². The lowest BCUT2D eigenvalue weighted by Gasteiger charge is -2.08. The number of hydrogen-bond donors (Lipinski definition) is 2. The second-order valence-corrected chi connectivity index (χ2v) is 5.31. The molecule has 0 bridgehead atoms. The molecular formula is C10H13N3O5S. The summed E-state index contributed by atoms with van der Waals surface area (Å²) in [5, 5.41) is 18.3. The molecule has 1 rings (SSSR count). The molecule has 0 aromatic heterocycles. The first kappa shape index (κ1) is 15.1. The van der Waals surface area contributed by atoms with Gasteiger partial charge in [-0.2, -0.15) is 0 Å². The van der Waals surface area contributed by atoms with Crippen molar-refractivity contribution in [3.05, 3.63) is 33.4 Å². The van der Waals surface area contributed by atoms with Gasteiger partial charge in [0.25, 0.3) is 11.6 Å². The molecule has 0 saturated heterocycles. The molecule has 9 heteroatoms. The fourth-order valence-electron chi connectivity index (χ4n) is 1.55. The van der Waals surface area contributed by atoms with E-state index in [-0.39, 0.29) is 11.1 Å². The third-order valence-corrected chi connectivity index (χ3v) is 3.47. The van der Waals surface area contributed by atoms with E-state index in [1.165, 1.54) is 6.92 Å². The minimum atomic E-state index is -4.14. The molecule has 0 saturated carbocycles. The number of nitro benzene ring substituents is 1. The Morgan fingerprint density at radius 3 is 2.47 bits per heavy atom. The van der Waals surface area contributed by atoms with E-state index in [1.807, 2.05) is 0 Å². The zero-order chi connectivity index (χ0) is 14.8. The number of nitrogens with zero attached hydrogens (tertiary/aromatic N) is 1. The predicted octanol–water partition coefficient (Wildman–Crippen LogP) is 0.300. The van der Waals surface area contributed by atoms with Crippen LogP contribution in [0.3, 0.4) is 0 Å². The molecule has 0 atom stereocenters. The van der Waals surface area contributed by atoms with Crippen LogP contribution in [0.2, 0.25) is 0 Å². The van der Waals surface area contributed by atoms with E-state index < -0.39 is 31.4 Å². The summed E-state index contributed by atoms with van der Waals surface area (Å²) >= 11 is 0. The van der Waals surface area contributed by atoms with Gasteiger partial charge in [-0.1, -0.05) is 0 Å². The molecule has 0 aliphatic carbocycles. The van der Waals surface area contributed by atoms with E-state index in [0.717, 1.165) is 12.1 Å². The fraction of sp³-hybridized carbons (Fsp3) is 0.300. The van der Waals surface area contributed by atoms with Crippen molar-refractivity contribution in [1.82, 2.24) is 5.32 Å². The number of benzene rings is 1. The first-order valence-corrected chi connectivity index (χ1v) is 6.83. The molecule has 8 nitrogen and oxygen atoms in total. The van der Waals surface area contributed by atoms with Crippen molar-refractivity contribution in [2.75, 3.05) is 6.54 Å².